The van der Waals surface area contributed by atoms with Crippen LogP contribution in [0.3, 0.4) is 0 Å². The smallest absolute Gasteiger partial charge is 0.264 e. The number of hydrogen-bond donors (Lipinski definition) is 1. The molecule has 1 atom stereocenters. The highest BCUT2D eigenvalue weighted by Crippen LogP contribution is 2.32. The summed E-state index contributed by atoms with van der Waals surface area (Å²) in [6, 6.07) is 21.2. The van der Waals surface area contributed by atoms with Gasteiger partial charge in [0.2, 0.25) is 11.8 Å². The first-order chi connectivity index (χ1) is 18.1. The number of carbonyl (C=O) groups excluding carboxylic acids is 2. The molecule has 0 spiro atoms. The average Bonchev–Trinajstić information content (AvgIpc) is 2.90. The number of rotatable bonds is 11. The largest absolute Gasteiger partial charge is 0.495 e. The van der Waals surface area contributed by atoms with E-state index in [2.05, 4.69) is 5.32 Å². The zero-order valence-electron chi connectivity index (χ0n) is 22.4. The topological polar surface area (TPSA) is 96.0 Å². The number of methoxy groups -OCH3 is 1. The second-order valence-corrected chi connectivity index (χ2v) is 11.1. The molecule has 0 heterocycles. The van der Waals surface area contributed by atoms with Crippen LogP contribution in [0.4, 0.5) is 5.69 Å². The zero-order valence-corrected chi connectivity index (χ0v) is 23.2. The molecule has 2 amide bonds. The van der Waals surface area contributed by atoms with Crippen LogP contribution in [0.5, 0.6) is 5.75 Å². The lowest BCUT2D eigenvalue weighted by Crippen LogP contribution is -2.52. The van der Waals surface area contributed by atoms with Gasteiger partial charge in [-0.3, -0.25) is 13.9 Å². The van der Waals surface area contributed by atoms with Crippen molar-refractivity contribution in [3.05, 3.63) is 90.0 Å². The molecule has 0 radical (unpaired) electrons. The fourth-order valence-electron chi connectivity index (χ4n) is 4.03. The van der Waals surface area contributed by atoms with Gasteiger partial charge in [0.25, 0.3) is 10.0 Å². The van der Waals surface area contributed by atoms with Crippen LogP contribution in [-0.4, -0.2) is 50.9 Å². The molecule has 0 aliphatic rings. The molecule has 0 bridgehead atoms. The molecule has 0 aliphatic carbocycles. The van der Waals surface area contributed by atoms with Crippen molar-refractivity contribution in [3.8, 4) is 5.75 Å². The van der Waals surface area contributed by atoms with Gasteiger partial charge in [0, 0.05) is 12.6 Å². The van der Waals surface area contributed by atoms with Gasteiger partial charge in [0.1, 0.15) is 18.3 Å². The molecule has 0 saturated heterocycles. The Morgan fingerprint density at radius 3 is 2.13 bits per heavy atom. The summed E-state index contributed by atoms with van der Waals surface area (Å²) in [6.45, 7) is 6.87. The summed E-state index contributed by atoms with van der Waals surface area (Å²) in [5.74, 6) is -0.544. The van der Waals surface area contributed by atoms with Crippen molar-refractivity contribution in [2.24, 2.45) is 0 Å². The van der Waals surface area contributed by atoms with Crippen LogP contribution in [0.15, 0.2) is 83.8 Å². The molecular weight excluding hydrogens is 502 g/mol. The van der Waals surface area contributed by atoms with E-state index in [1.165, 1.54) is 24.1 Å². The summed E-state index contributed by atoms with van der Waals surface area (Å²) in [7, 11) is -2.71. The predicted molar refractivity (Wildman–Crippen MR) is 148 cm³/mol. The van der Waals surface area contributed by atoms with Gasteiger partial charge in [-0.1, -0.05) is 54.6 Å². The zero-order chi connectivity index (χ0) is 27.9. The van der Waals surface area contributed by atoms with Crippen molar-refractivity contribution >= 4 is 27.5 Å². The summed E-state index contributed by atoms with van der Waals surface area (Å²) >= 11 is 0. The Balaban J connectivity index is 2.07. The van der Waals surface area contributed by atoms with Gasteiger partial charge in [0.05, 0.1) is 17.7 Å². The average molecular weight is 538 g/mol. The molecule has 0 saturated carbocycles. The van der Waals surface area contributed by atoms with E-state index in [0.717, 1.165) is 15.4 Å². The van der Waals surface area contributed by atoms with Gasteiger partial charge >= 0.3 is 0 Å². The fraction of sp³-hybridized carbons (Fsp3) is 0.310. The molecule has 3 aromatic rings. The van der Waals surface area contributed by atoms with E-state index in [4.69, 9.17) is 4.74 Å². The Morgan fingerprint density at radius 2 is 1.50 bits per heavy atom. The minimum absolute atomic E-state index is 0.0368. The van der Waals surface area contributed by atoms with Crippen LogP contribution in [0, 0.1) is 6.92 Å². The number of benzene rings is 3. The number of sulfonamides is 1. The van der Waals surface area contributed by atoms with Gasteiger partial charge < -0.3 is 15.0 Å². The predicted octanol–water partition coefficient (Wildman–Crippen LogP) is 4.14. The second-order valence-electron chi connectivity index (χ2n) is 9.28. The Bertz CT molecular complexity index is 1360. The number of anilines is 1. The summed E-state index contributed by atoms with van der Waals surface area (Å²) < 4.78 is 34.2. The molecule has 9 heteroatoms. The van der Waals surface area contributed by atoms with E-state index in [1.54, 1.807) is 49.4 Å². The number of aryl methyl sites for hydroxylation is 1. The highest BCUT2D eigenvalue weighted by molar-refractivity contribution is 7.92. The Hall–Kier alpha value is -3.85. The van der Waals surface area contributed by atoms with Gasteiger partial charge in [-0.2, -0.15) is 0 Å². The number of ether oxygens (including phenoxy) is 1. The number of carbonyl (C=O) groups is 2. The molecule has 1 N–H and O–H groups in total. The maximum absolute atomic E-state index is 14.0. The quantitative estimate of drug-likeness (QED) is 0.397. The first-order valence-electron chi connectivity index (χ1n) is 12.4. The second kappa shape index (κ2) is 12.6. The van der Waals surface area contributed by atoms with Crippen molar-refractivity contribution in [3.63, 3.8) is 0 Å². The Kier molecular flexibility index (Phi) is 9.52. The first-order valence-corrected chi connectivity index (χ1v) is 13.9. The number of nitrogens with one attached hydrogen (secondary N) is 1. The normalized spacial score (nSPS) is 12.1. The van der Waals surface area contributed by atoms with E-state index >= 15 is 0 Å². The molecule has 3 rings (SSSR count). The standard InChI is InChI=1S/C29H35N3O5S/c1-21(2)30-29(34)23(4)31(19-24-14-10-9-13-22(24)3)28(33)20-32(26-17-11-12-18-27(26)37-5)38(35,36)25-15-7-6-8-16-25/h6-18,21,23H,19-20H2,1-5H3,(H,30,34)/t23-/m0/s1. The van der Waals surface area contributed by atoms with Crippen molar-refractivity contribution in [1.82, 2.24) is 10.2 Å². The number of amides is 2. The summed E-state index contributed by atoms with van der Waals surface area (Å²) in [6.07, 6.45) is 0. The minimum Gasteiger partial charge on any atom is -0.495 e. The summed E-state index contributed by atoms with van der Waals surface area (Å²) in [5, 5.41) is 2.85. The van der Waals surface area contributed by atoms with Gasteiger partial charge in [-0.25, -0.2) is 8.42 Å². The highest BCUT2D eigenvalue weighted by atomic mass is 32.2. The van der Waals surface area contributed by atoms with E-state index in [9.17, 15) is 18.0 Å². The fourth-order valence-corrected chi connectivity index (χ4v) is 5.47. The molecule has 38 heavy (non-hydrogen) atoms. The SMILES string of the molecule is COc1ccccc1N(CC(=O)N(Cc1ccccc1C)[C@@H](C)C(=O)NC(C)C)S(=O)(=O)c1ccccc1. The summed E-state index contributed by atoms with van der Waals surface area (Å²) in [5.41, 5.74) is 2.04. The third-order valence-corrected chi connectivity index (χ3v) is 7.94. The number of hydrogen-bond acceptors (Lipinski definition) is 5. The number of nitrogens with zero attached hydrogens (tertiary/aromatic N) is 2. The van der Waals surface area contributed by atoms with E-state index in [0.29, 0.717) is 5.75 Å². The molecular formula is C29H35N3O5S. The third kappa shape index (κ3) is 6.72. The molecule has 3 aromatic carbocycles. The Morgan fingerprint density at radius 1 is 0.895 bits per heavy atom. The van der Waals surface area contributed by atoms with Crippen LogP contribution >= 0.6 is 0 Å². The monoisotopic (exact) mass is 537 g/mol. The van der Waals surface area contributed by atoms with E-state index in [1.807, 2.05) is 45.0 Å². The molecule has 8 nitrogen and oxygen atoms in total. The van der Waals surface area contributed by atoms with E-state index < -0.39 is 28.5 Å². The minimum atomic E-state index is -4.16. The van der Waals surface area contributed by atoms with Crippen LogP contribution in [-0.2, 0) is 26.2 Å². The lowest BCUT2D eigenvalue weighted by atomic mass is 10.1. The highest BCUT2D eigenvalue weighted by Gasteiger charge is 2.33. The molecule has 0 unspecified atom stereocenters. The first kappa shape index (κ1) is 28.7. The molecule has 202 valence electrons. The molecule has 0 aromatic heterocycles. The maximum Gasteiger partial charge on any atom is 0.264 e. The van der Waals surface area contributed by atoms with Crippen LogP contribution < -0.4 is 14.4 Å². The Labute approximate surface area is 225 Å². The number of para-hydroxylation sites is 2. The molecule has 0 fully saturated rings. The summed E-state index contributed by atoms with van der Waals surface area (Å²) in [4.78, 5) is 28.4. The van der Waals surface area contributed by atoms with Crippen molar-refractivity contribution in [1.29, 1.82) is 0 Å². The van der Waals surface area contributed by atoms with Crippen LogP contribution in [0.2, 0.25) is 0 Å². The molecule has 0 aliphatic heterocycles. The van der Waals surface area contributed by atoms with Gasteiger partial charge in [-0.05, 0) is 63.1 Å². The maximum atomic E-state index is 14.0. The van der Waals surface area contributed by atoms with E-state index in [-0.39, 0.29) is 29.1 Å². The van der Waals surface area contributed by atoms with Crippen LogP contribution in [0.1, 0.15) is 31.9 Å². The van der Waals surface area contributed by atoms with Crippen molar-refractivity contribution in [2.75, 3.05) is 18.0 Å². The van der Waals surface area contributed by atoms with Gasteiger partial charge in [-0.15, -0.1) is 0 Å². The lowest BCUT2D eigenvalue weighted by molar-refractivity contribution is -0.139. The third-order valence-electron chi connectivity index (χ3n) is 6.16. The van der Waals surface area contributed by atoms with Gasteiger partial charge in [0.15, 0.2) is 0 Å². The lowest BCUT2D eigenvalue weighted by Gasteiger charge is -2.33. The van der Waals surface area contributed by atoms with Crippen molar-refractivity contribution in [2.45, 2.75) is 51.2 Å². The van der Waals surface area contributed by atoms with Crippen molar-refractivity contribution < 1.29 is 22.7 Å². The van der Waals surface area contributed by atoms with Crippen LogP contribution in [0.25, 0.3) is 0 Å².